The maximum absolute atomic E-state index is 12.4. The van der Waals surface area contributed by atoms with Crippen molar-refractivity contribution >= 4 is 16.8 Å². The number of para-hydroxylation sites is 2. The molecule has 0 aliphatic heterocycles. The highest BCUT2D eigenvalue weighted by Gasteiger charge is 2.21. The van der Waals surface area contributed by atoms with Crippen LogP contribution in [-0.4, -0.2) is 15.3 Å². The van der Waals surface area contributed by atoms with Gasteiger partial charge in [0.25, 0.3) is 5.56 Å². The van der Waals surface area contributed by atoms with E-state index in [0.717, 1.165) is 36.7 Å². The molecule has 1 aromatic heterocycles. The van der Waals surface area contributed by atoms with Gasteiger partial charge in [0.05, 0.1) is 23.8 Å². The van der Waals surface area contributed by atoms with Crippen LogP contribution in [0.2, 0.25) is 0 Å². The minimum Gasteiger partial charge on any atom is -0.298 e. The van der Waals surface area contributed by atoms with Gasteiger partial charge in [0.15, 0.2) is 5.78 Å². The van der Waals surface area contributed by atoms with Gasteiger partial charge in [0.1, 0.15) is 0 Å². The van der Waals surface area contributed by atoms with Crippen molar-refractivity contribution < 1.29 is 4.79 Å². The minimum absolute atomic E-state index is 0.127. The monoisotopic (exact) mass is 270 g/mol. The van der Waals surface area contributed by atoms with Gasteiger partial charge in [0, 0.05) is 5.92 Å². The van der Waals surface area contributed by atoms with E-state index in [-0.39, 0.29) is 23.8 Å². The van der Waals surface area contributed by atoms with Gasteiger partial charge in [-0.3, -0.25) is 14.2 Å². The summed E-state index contributed by atoms with van der Waals surface area (Å²) in [5, 5.41) is 0. The molecule has 4 heteroatoms. The van der Waals surface area contributed by atoms with E-state index in [1.165, 1.54) is 12.6 Å². The molecule has 3 rings (SSSR count). The van der Waals surface area contributed by atoms with Crippen molar-refractivity contribution in [3.63, 3.8) is 0 Å². The van der Waals surface area contributed by atoms with Crippen LogP contribution >= 0.6 is 0 Å². The fraction of sp³-hybridized carbons (Fsp3) is 0.438. The number of hydrogen-bond acceptors (Lipinski definition) is 3. The zero-order valence-corrected chi connectivity index (χ0v) is 11.4. The summed E-state index contributed by atoms with van der Waals surface area (Å²) in [7, 11) is 0. The molecule has 1 aromatic carbocycles. The Labute approximate surface area is 117 Å². The van der Waals surface area contributed by atoms with Gasteiger partial charge in [-0.05, 0) is 25.0 Å². The molecule has 0 atom stereocenters. The fourth-order valence-corrected chi connectivity index (χ4v) is 2.99. The summed E-state index contributed by atoms with van der Waals surface area (Å²) in [4.78, 5) is 28.5. The van der Waals surface area contributed by atoms with Crippen LogP contribution in [0.15, 0.2) is 35.3 Å². The summed E-state index contributed by atoms with van der Waals surface area (Å²) in [6, 6.07) is 7.45. The average molecular weight is 270 g/mol. The number of benzene rings is 1. The van der Waals surface area contributed by atoms with Crippen LogP contribution in [0.5, 0.6) is 0 Å². The van der Waals surface area contributed by atoms with Crippen molar-refractivity contribution in [3.05, 3.63) is 40.8 Å². The van der Waals surface area contributed by atoms with Crippen LogP contribution in [0.4, 0.5) is 0 Å². The first-order valence-electron chi connectivity index (χ1n) is 7.23. The number of ketones is 1. The zero-order chi connectivity index (χ0) is 13.9. The van der Waals surface area contributed by atoms with Gasteiger partial charge < -0.3 is 0 Å². The normalized spacial score (nSPS) is 16.4. The van der Waals surface area contributed by atoms with Crippen molar-refractivity contribution in [2.45, 2.75) is 38.6 Å². The third-order valence-corrected chi connectivity index (χ3v) is 4.13. The Morgan fingerprint density at radius 1 is 1.20 bits per heavy atom. The van der Waals surface area contributed by atoms with Gasteiger partial charge in [-0.15, -0.1) is 0 Å². The predicted octanol–water partition coefficient (Wildman–Crippen LogP) is 2.55. The summed E-state index contributed by atoms with van der Waals surface area (Å²) >= 11 is 0. The Bertz CT molecular complexity index is 684. The molecule has 1 fully saturated rings. The number of carbonyl (C=O) groups excluding carboxylic acids is 1. The van der Waals surface area contributed by atoms with Gasteiger partial charge >= 0.3 is 0 Å². The lowest BCUT2D eigenvalue weighted by molar-refractivity contribution is -0.124. The average Bonchev–Trinajstić information content (AvgIpc) is 2.51. The predicted molar refractivity (Wildman–Crippen MR) is 77.6 cm³/mol. The van der Waals surface area contributed by atoms with Crippen LogP contribution in [-0.2, 0) is 11.3 Å². The number of Topliss-reactive ketones (excluding diaryl/α,β-unsaturated/α-hetero) is 1. The quantitative estimate of drug-likeness (QED) is 0.861. The Balaban J connectivity index is 1.92. The molecule has 0 N–H and O–H groups in total. The molecule has 0 radical (unpaired) electrons. The Morgan fingerprint density at radius 2 is 1.95 bits per heavy atom. The van der Waals surface area contributed by atoms with Gasteiger partial charge in [-0.2, -0.15) is 0 Å². The zero-order valence-electron chi connectivity index (χ0n) is 11.4. The van der Waals surface area contributed by atoms with Crippen molar-refractivity contribution in [2.24, 2.45) is 5.92 Å². The van der Waals surface area contributed by atoms with Gasteiger partial charge in [0.2, 0.25) is 0 Å². The molecule has 0 saturated heterocycles. The molecule has 20 heavy (non-hydrogen) atoms. The van der Waals surface area contributed by atoms with Gasteiger partial charge in [-0.1, -0.05) is 31.4 Å². The second-order valence-corrected chi connectivity index (χ2v) is 5.47. The number of nitrogens with zero attached hydrogens (tertiary/aromatic N) is 2. The Morgan fingerprint density at radius 3 is 2.75 bits per heavy atom. The van der Waals surface area contributed by atoms with Crippen LogP contribution in [0.25, 0.3) is 11.0 Å². The number of hydrogen-bond donors (Lipinski definition) is 0. The molecule has 104 valence electrons. The smallest absolute Gasteiger partial charge is 0.269 e. The summed E-state index contributed by atoms with van der Waals surface area (Å²) in [5.41, 5.74) is 1.29. The standard InChI is InChI=1S/C16H18N2O2/c19-15(12-6-2-1-3-7-12)11-18-14-9-5-4-8-13(14)17-10-16(18)20/h4-5,8-10,12H,1-3,6-7,11H2. The topological polar surface area (TPSA) is 52.0 Å². The first-order valence-corrected chi connectivity index (χ1v) is 7.23. The number of aromatic nitrogens is 2. The van der Waals surface area contributed by atoms with E-state index < -0.39 is 0 Å². The molecular formula is C16H18N2O2. The molecule has 0 amide bonds. The first kappa shape index (κ1) is 13.0. The van der Waals surface area contributed by atoms with E-state index in [2.05, 4.69) is 4.98 Å². The summed E-state index contributed by atoms with van der Waals surface area (Å²) in [6.07, 6.45) is 6.72. The SMILES string of the molecule is O=C(Cn1c(=O)cnc2ccccc21)C1CCCCC1. The minimum atomic E-state index is -0.201. The Hall–Kier alpha value is -1.97. The van der Waals surface area contributed by atoms with Gasteiger partial charge in [-0.25, -0.2) is 4.98 Å². The van der Waals surface area contributed by atoms with Crippen LogP contribution in [0.3, 0.4) is 0 Å². The molecule has 1 saturated carbocycles. The first-order chi connectivity index (χ1) is 9.75. The summed E-state index contributed by atoms with van der Waals surface area (Å²) in [6.45, 7) is 0.173. The van der Waals surface area contributed by atoms with E-state index in [1.54, 1.807) is 4.57 Å². The van der Waals surface area contributed by atoms with Crippen molar-refractivity contribution in [1.82, 2.24) is 9.55 Å². The molecule has 1 heterocycles. The highest BCUT2D eigenvalue weighted by Crippen LogP contribution is 2.25. The van der Waals surface area contributed by atoms with Crippen molar-refractivity contribution in [1.29, 1.82) is 0 Å². The van der Waals surface area contributed by atoms with E-state index >= 15 is 0 Å². The maximum Gasteiger partial charge on any atom is 0.269 e. The van der Waals surface area contributed by atoms with Crippen molar-refractivity contribution in [2.75, 3.05) is 0 Å². The van der Waals surface area contributed by atoms with Crippen molar-refractivity contribution in [3.8, 4) is 0 Å². The van der Waals surface area contributed by atoms with Crippen LogP contribution in [0.1, 0.15) is 32.1 Å². The van der Waals surface area contributed by atoms with E-state index in [1.807, 2.05) is 24.3 Å². The molecule has 1 aliphatic carbocycles. The van der Waals surface area contributed by atoms with Crippen LogP contribution < -0.4 is 5.56 Å². The van der Waals surface area contributed by atoms with E-state index in [9.17, 15) is 9.59 Å². The second-order valence-electron chi connectivity index (χ2n) is 5.47. The number of rotatable bonds is 3. The lowest BCUT2D eigenvalue weighted by Gasteiger charge is -2.21. The molecule has 0 unspecified atom stereocenters. The largest absolute Gasteiger partial charge is 0.298 e. The molecule has 0 bridgehead atoms. The lowest BCUT2D eigenvalue weighted by atomic mass is 9.86. The summed E-state index contributed by atoms with van der Waals surface area (Å²) in [5.74, 6) is 0.311. The highest BCUT2D eigenvalue weighted by molar-refractivity contribution is 5.83. The second kappa shape index (κ2) is 5.57. The van der Waals surface area contributed by atoms with Crippen LogP contribution in [0, 0.1) is 5.92 Å². The number of carbonyl (C=O) groups is 1. The number of fused-ring (bicyclic) bond motifs is 1. The third kappa shape index (κ3) is 2.50. The highest BCUT2D eigenvalue weighted by atomic mass is 16.1. The molecule has 2 aromatic rings. The third-order valence-electron chi connectivity index (χ3n) is 4.13. The molecule has 1 aliphatic rings. The molecule has 0 spiro atoms. The summed E-state index contributed by atoms with van der Waals surface area (Å²) < 4.78 is 1.55. The van der Waals surface area contributed by atoms with E-state index in [4.69, 9.17) is 0 Å². The maximum atomic E-state index is 12.4. The Kier molecular flexibility index (Phi) is 3.63. The van der Waals surface area contributed by atoms with E-state index in [0.29, 0.717) is 0 Å². The fourth-order valence-electron chi connectivity index (χ4n) is 2.99. The molecular weight excluding hydrogens is 252 g/mol. The molecule has 4 nitrogen and oxygen atoms in total. The lowest BCUT2D eigenvalue weighted by Crippen LogP contribution is -2.29.